The van der Waals surface area contributed by atoms with Gasteiger partial charge in [0.1, 0.15) is 11.8 Å². The lowest BCUT2D eigenvalue weighted by Gasteiger charge is -2.23. The molecule has 30 heavy (non-hydrogen) atoms. The Bertz CT molecular complexity index is 896. The van der Waals surface area contributed by atoms with Crippen molar-refractivity contribution in [1.29, 1.82) is 0 Å². The zero-order chi connectivity index (χ0) is 22.5. The number of nitrogens with one attached hydrogen (secondary N) is 3. The van der Waals surface area contributed by atoms with E-state index >= 15 is 0 Å². The van der Waals surface area contributed by atoms with Crippen molar-refractivity contribution < 1.29 is 14.3 Å². The molecule has 0 spiro atoms. The van der Waals surface area contributed by atoms with E-state index in [0.29, 0.717) is 5.75 Å². The summed E-state index contributed by atoms with van der Waals surface area (Å²) in [7, 11) is 1.60. The lowest BCUT2D eigenvalue weighted by Crippen LogP contribution is -2.41. The first-order valence-electron chi connectivity index (χ1n) is 10.1. The Kier molecular flexibility index (Phi) is 7.48. The number of para-hydroxylation sites is 1. The number of amides is 2. The van der Waals surface area contributed by atoms with Crippen LogP contribution < -0.4 is 20.7 Å². The van der Waals surface area contributed by atoms with E-state index in [-0.39, 0.29) is 23.8 Å². The van der Waals surface area contributed by atoms with Crippen molar-refractivity contribution in [3.63, 3.8) is 0 Å². The predicted molar refractivity (Wildman–Crippen MR) is 122 cm³/mol. The van der Waals surface area contributed by atoms with Gasteiger partial charge in [-0.15, -0.1) is 0 Å². The molecule has 0 unspecified atom stereocenters. The van der Waals surface area contributed by atoms with E-state index in [2.05, 4.69) is 36.7 Å². The topological polar surface area (TPSA) is 79.5 Å². The van der Waals surface area contributed by atoms with Crippen LogP contribution in [0.1, 0.15) is 44.4 Å². The van der Waals surface area contributed by atoms with Crippen molar-refractivity contribution in [2.45, 2.75) is 53.0 Å². The number of hydrogen-bond donors (Lipinski definition) is 3. The fraction of sp³-hybridized carbons (Fsp3) is 0.417. The Morgan fingerprint density at radius 3 is 2.27 bits per heavy atom. The molecular formula is C24H33N3O3. The van der Waals surface area contributed by atoms with Crippen LogP contribution in [0.25, 0.3) is 0 Å². The van der Waals surface area contributed by atoms with Crippen molar-refractivity contribution >= 4 is 23.2 Å². The summed E-state index contributed by atoms with van der Waals surface area (Å²) in [6, 6.07) is 11.2. The molecule has 2 amide bonds. The van der Waals surface area contributed by atoms with E-state index in [1.54, 1.807) is 14.0 Å². The Labute approximate surface area is 179 Å². The minimum Gasteiger partial charge on any atom is -0.495 e. The molecule has 0 bridgehead atoms. The van der Waals surface area contributed by atoms with Crippen LogP contribution in [0.3, 0.4) is 0 Å². The normalized spacial score (nSPS) is 12.1. The summed E-state index contributed by atoms with van der Waals surface area (Å²) in [6.07, 6.45) is 0. The molecule has 0 aromatic heterocycles. The van der Waals surface area contributed by atoms with Gasteiger partial charge >= 0.3 is 0 Å². The lowest BCUT2D eigenvalue weighted by atomic mass is 9.86. The van der Waals surface area contributed by atoms with Gasteiger partial charge in [-0.25, -0.2) is 0 Å². The number of aryl methyl sites for hydroxylation is 2. The molecule has 0 heterocycles. The van der Waals surface area contributed by atoms with Gasteiger partial charge in [-0.1, -0.05) is 45.0 Å². The van der Waals surface area contributed by atoms with Gasteiger partial charge in [-0.2, -0.15) is 0 Å². The third kappa shape index (κ3) is 5.99. The monoisotopic (exact) mass is 411 g/mol. The highest BCUT2D eigenvalue weighted by Gasteiger charge is 2.19. The standard InChI is InChI=1S/C24H33N3O3/c1-15-9-8-10-16(2)22(15)27-21(28)14-25-23(29)17(3)26-19-13-18(24(4,5)6)11-12-20(19)30-7/h8-13,17,26H,14H2,1-7H3,(H,25,29)(H,27,28)/t17-/m0/s1. The maximum Gasteiger partial charge on any atom is 0.243 e. The van der Waals surface area contributed by atoms with E-state index in [9.17, 15) is 9.59 Å². The lowest BCUT2D eigenvalue weighted by molar-refractivity contribution is -0.124. The molecule has 1 atom stereocenters. The van der Waals surface area contributed by atoms with Crippen molar-refractivity contribution in [2.75, 3.05) is 24.3 Å². The third-order valence-electron chi connectivity index (χ3n) is 5.00. The Morgan fingerprint density at radius 2 is 1.70 bits per heavy atom. The van der Waals surface area contributed by atoms with Crippen LogP contribution in [-0.2, 0) is 15.0 Å². The largest absolute Gasteiger partial charge is 0.495 e. The maximum absolute atomic E-state index is 12.5. The van der Waals surface area contributed by atoms with Gasteiger partial charge in [0.25, 0.3) is 0 Å². The number of rotatable bonds is 7. The van der Waals surface area contributed by atoms with Gasteiger partial charge in [0.2, 0.25) is 11.8 Å². The molecule has 0 aliphatic heterocycles. The van der Waals surface area contributed by atoms with E-state index in [4.69, 9.17) is 4.74 Å². The number of benzene rings is 2. The molecule has 3 N–H and O–H groups in total. The van der Waals surface area contributed by atoms with Crippen molar-refractivity contribution in [3.05, 3.63) is 53.1 Å². The first kappa shape index (κ1) is 23.3. The zero-order valence-electron chi connectivity index (χ0n) is 19.0. The minimum absolute atomic E-state index is 0.0278. The van der Waals surface area contributed by atoms with Crippen molar-refractivity contribution in [1.82, 2.24) is 5.32 Å². The summed E-state index contributed by atoms with van der Waals surface area (Å²) in [5.74, 6) is 0.130. The zero-order valence-corrected chi connectivity index (χ0v) is 19.0. The summed E-state index contributed by atoms with van der Waals surface area (Å²) in [5.41, 5.74) is 4.59. The highest BCUT2D eigenvalue weighted by molar-refractivity contribution is 5.96. The molecule has 2 aromatic rings. The summed E-state index contributed by atoms with van der Waals surface area (Å²) in [6.45, 7) is 11.9. The molecule has 6 nitrogen and oxygen atoms in total. The Hall–Kier alpha value is -3.02. The molecule has 0 radical (unpaired) electrons. The summed E-state index contributed by atoms with van der Waals surface area (Å²) >= 11 is 0. The Morgan fingerprint density at radius 1 is 1.07 bits per heavy atom. The van der Waals surface area contributed by atoms with Crippen LogP contribution in [0.2, 0.25) is 0 Å². The third-order valence-corrected chi connectivity index (χ3v) is 5.00. The van der Waals surface area contributed by atoms with Gasteiger partial charge < -0.3 is 20.7 Å². The molecular weight excluding hydrogens is 378 g/mol. The first-order chi connectivity index (χ1) is 14.0. The van der Waals surface area contributed by atoms with Crippen LogP contribution in [-0.4, -0.2) is 31.5 Å². The molecule has 2 aromatic carbocycles. The molecule has 0 saturated heterocycles. The smallest absolute Gasteiger partial charge is 0.243 e. The molecule has 162 valence electrons. The summed E-state index contributed by atoms with van der Waals surface area (Å²) < 4.78 is 5.42. The second kappa shape index (κ2) is 9.65. The molecule has 0 aliphatic rings. The van der Waals surface area contributed by atoms with E-state index in [1.807, 2.05) is 50.2 Å². The number of anilines is 2. The second-order valence-corrected chi connectivity index (χ2v) is 8.56. The number of hydrogen-bond acceptors (Lipinski definition) is 4. The second-order valence-electron chi connectivity index (χ2n) is 8.56. The van der Waals surface area contributed by atoms with Gasteiger partial charge in [0.15, 0.2) is 0 Å². The summed E-state index contributed by atoms with van der Waals surface area (Å²) in [5, 5.41) is 8.76. The van der Waals surface area contributed by atoms with Crippen LogP contribution in [0.15, 0.2) is 36.4 Å². The fourth-order valence-electron chi connectivity index (χ4n) is 3.10. The van der Waals surface area contributed by atoms with Gasteiger partial charge in [0, 0.05) is 5.69 Å². The first-order valence-corrected chi connectivity index (χ1v) is 10.1. The number of carbonyl (C=O) groups excluding carboxylic acids is 2. The SMILES string of the molecule is COc1ccc(C(C)(C)C)cc1N[C@@H](C)C(=O)NCC(=O)Nc1c(C)cccc1C. The Balaban J connectivity index is 1.99. The number of carbonyl (C=O) groups is 2. The predicted octanol–water partition coefficient (Wildman–Crippen LogP) is 4.16. The average Bonchev–Trinajstić information content (AvgIpc) is 2.68. The fourth-order valence-corrected chi connectivity index (χ4v) is 3.10. The maximum atomic E-state index is 12.5. The highest BCUT2D eigenvalue weighted by Crippen LogP contribution is 2.31. The highest BCUT2D eigenvalue weighted by atomic mass is 16.5. The quantitative estimate of drug-likeness (QED) is 0.639. The van der Waals surface area contributed by atoms with Crippen LogP contribution in [0.4, 0.5) is 11.4 Å². The molecule has 0 aliphatic carbocycles. The van der Waals surface area contributed by atoms with Crippen molar-refractivity contribution in [3.8, 4) is 5.75 Å². The molecule has 2 rings (SSSR count). The van der Waals surface area contributed by atoms with Crippen LogP contribution in [0.5, 0.6) is 5.75 Å². The average molecular weight is 412 g/mol. The van der Waals surface area contributed by atoms with E-state index in [1.165, 1.54) is 0 Å². The van der Waals surface area contributed by atoms with Crippen molar-refractivity contribution in [2.24, 2.45) is 0 Å². The van der Waals surface area contributed by atoms with E-state index in [0.717, 1.165) is 28.1 Å². The van der Waals surface area contributed by atoms with E-state index < -0.39 is 6.04 Å². The van der Waals surface area contributed by atoms with Crippen LogP contribution >= 0.6 is 0 Å². The van der Waals surface area contributed by atoms with Crippen LogP contribution in [0, 0.1) is 13.8 Å². The van der Waals surface area contributed by atoms with Gasteiger partial charge in [-0.05, 0) is 55.0 Å². The summed E-state index contributed by atoms with van der Waals surface area (Å²) in [4.78, 5) is 24.8. The van der Waals surface area contributed by atoms with Gasteiger partial charge in [0.05, 0.1) is 19.3 Å². The minimum atomic E-state index is -0.540. The molecule has 0 saturated carbocycles. The molecule has 6 heteroatoms. The molecule has 0 fully saturated rings. The number of ether oxygens (including phenoxy) is 1. The number of methoxy groups -OCH3 is 1. The van der Waals surface area contributed by atoms with Gasteiger partial charge in [-0.3, -0.25) is 9.59 Å².